The van der Waals surface area contributed by atoms with E-state index < -0.39 is 5.97 Å². The lowest BCUT2D eigenvalue weighted by atomic mass is 9.82. The average molecular weight is 252 g/mol. The summed E-state index contributed by atoms with van der Waals surface area (Å²) >= 11 is 0. The molecule has 0 aromatic carbocycles. The van der Waals surface area contributed by atoms with Crippen LogP contribution in [0.5, 0.6) is 0 Å². The maximum atomic E-state index is 11.6. The lowest BCUT2D eigenvalue weighted by Crippen LogP contribution is -2.45. The van der Waals surface area contributed by atoms with Crippen molar-refractivity contribution in [1.29, 1.82) is 0 Å². The number of rotatable bonds is 4. The number of nitrogens with zero attached hydrogens (tertiary/aromatic N) is 2. The number of carbonyl (C=O) groups is 2. The summed E-state index contributed by atoms with van der Waals surface area (Å²) in [5.74, 6) is -0.300. The number of carbonyl (C=O) groups excluding carboxylic acids is 1. The number of anilines is 1. The zero-order chi connectivity index (χ0) is 13.1. The van der Waals surface area contributed by atoms with E-state index in [0.29, 0.717) is 11.6 Å². The second kappa shape index (κ2) is 5.07. The van der Waals surface area contributed by atoms with Gasteiger partial charge in [0.25, 0.3) is 0 Å². The molecule has 1 saturated carbocycles. The van der Waals surface area contributed by atoms with Crippen LogP contribution in [-0.2, 0) is 11.3 Å². The topological polar surface area (TPSA) is 96.3 Å². The van der Waals surface area contributed by atoms with Gasteiger partial charge in [0.05, 0.1) is 11.9 Å². The first-order valence-corrected chi connectivity index (χ1v) is 5.84. The molecule has 0 unspecified atom stereocenters. The molecule has 1 fully saturated rings. The molecule has 1 aromatic rings. The summed E-state index contributed by atoms with van der Waals surface area (Å²) in [6.07, 6.45) is 4.92. The van der Waals surface area contributed by atoms with Crippen molar-refractivity contribution in [3.63, 3.8) is 0 Å². The molecule has 0 aliphatic heterocycles. The number of urea groups is 1. The van der Waals surface area contributed by atoms with Crippen LogP contribution in [0.3, 0.4) is 0 Å². The summed E-state index contributed by atoms with van der Waals surface area (Å²) in [4.78, 5) is 22.0. The number of amides is 2. The van der Waals surface area contributed by atoms with E-state index >= 15 is 0 Å². The zero-order valence-corrected chi connectivity index (χ0v) is 10.1. The molecule has 7 heteroatoms. The number of hydrogen-bond donors (Lipinski definition) is 3. The maximum absolute atomic E-state index is 11.6. The molecule has 18 heavy (non-hydrogen) atoms. The van der Waals surface area contributed by atoms with Gasteiger partial charge < -0.3 is 15.7 Å². The lowest BCUT2D eigenvalue weighted by molar-refractivity contribution is -0.137. The Morgan fingerprint density at radius 3 is 2.89 bits per heavy atom. The number of aliphatic carboxylic acids is 1. The second-order valence-corrected chi connectivity index (χ2v) is 4.69. The number of hydrogen-bond acceptors (Lipinski definition) is 3. The van der Waals surface area contributed by atoms with Crippen molar-refractivity contribution in [3.05, 3.63) is 12.4 Å². The van der Waals surface area contributed by atoms with E-state index in [0.717, 1.165) is 12.8 Å². The van der Waals surface area contributed by atoms with Crippen LogP contribution >= 0.6 is 0 Å². The predicted octanol–water partition coefficient (Wildman–Crippen LogP) is 0.888. The van der Waals surface area contributed by atoms with Crippen LogP contribution < -0.4 is 10.6 Å². The molecule has 0 bridgehead atoms. The number of nitrogens with one attached hydrogen (secondary N) is 2. The minimum absolute atomic E-state index is 0.219. The average Bonchev–Trinajstić information content (AvgIpc) is 2.62. The molecular formula is C11H16N4O3. The van der Waals surface area contributed by atoms with Crippen LogP contribution in [0.25, 0.3) is 0 Å². The molecule has 2 rings (SSSR count). The third kappa shape index (κ3) is 3.22. The third-order valence-corrected chi connectivity index (χ3v) is 2.90. The molecule has 1 heterocycles. The first-order valence-electron chi connectivity index (χ1n) is 5.84. The van der Waals surface area contributed by atoms with Crippen LogP contribution in [0.1, 0.15) is 19.8 Å². The van der Waals surface area contributed by atoms with E-state index in [-0.39, 0.29) is 18.6 Å². The van der Waals surface area contributed by atoms with Gasteiger partial charge in [0.2, 0.25) is 0 Å². The second-order valence-electron chi connectivity index (χ2n) is 4.69. The third-order valence-electron chi connectivity index (χ3n) is 2.90. The minimum Gasteiger partial charge on any atom is -0.480 e. The Balaban J connectivity index is 1.79. The normalized spacial score (nSPS) is 22.1. The summed E-state index contributed by atoms with van der Waals surface area (Å²) in [6, 6.07) is -0.0316. The van der Waals surface area contributed by atoms with Gasteiger partial charge in [-0.2, -0.15) is 5.10 Å². The molecule has 1 aliphatic rings. The molecule has 3 N–H and O–H groups in total. The van der Waals surface area contributed by atoms with E-state index in [9.17, 15) is 9.59 Å². The SMILES string of the molecule is CC1CC(NC(=O)Nc2cnn(CC(=O)O)c2)C1. The molecule has 0 atom stereocenters. The highest BCUT2D eigenvalue weighted by Gasteiger charge is 2.26. The highest BCUT2D eigenvalue weighted by atomic mass is 16.4. The fraction of sp³-hybridized carbons (Fsp3) is 0.545. The monoisotopic (exact) mass is 252 g/mol. The van der Waals surface area contributed by atoms with Crippen LogP contribution in [0.15, 0.2) is 12.4 Å². The van der Waals surface area contributed by atoms with Crippen LogP contribution in [0.4, 0.5) is 10.5 Å². The van der Waals surface area contributed by atoms with Gasteiger partial charge in [0, 0.05) is 12.2 Å². The Morgan fingerprint density at radius 2 is 2.28 bits per heavy atom. The predicted molar refractivity (Wildman–Crippen MR) is 64.2 cm³/mol. The molecule has 2 amide bonds. The van der Waals surface area contributed by atoms with E-state index in [1.807, 2.05) is 0 Å². The van der Waals surface area contributed by atoms with E-state index in [1.54, 1.807) is 0 Å². The summed E-state index contributed by atoms with van der Waals surface area (Å²) in [5.41, 5.74) is 0.487. The number of aromatic nitrogens is 2. The summed E-state index contributed by atoms with van der Waals surface area (Å²) < 4.78 is 1.25. The first-order chi connectivity index (χ1) is 8.52. The molecule has 98 valence electrons. The van der Waals surface area contributed by atoms with Crippen molar-refractivity contribution >= 4 is 17.7 Å². The van der Waals surface area contributed by atoms with Crippen LogP contribution in [0, 0.1) is 5.92 Å². The fourth-order valence-electron chi connectivity index (χ4n) is 2.03. The van der Waals surface area contributed by atoms with Gasteiger partial charge in [-0.15, -0.1) is 0 Å². The zero-order valence-electron chi connectivity index (χ0n) is 10.1. The summed E-state index contributed by atoms with van der Waals surface area (Å²) in [7, 11) is 0. The molecule has 1 aromatic heterocycles. The standard InChI is InChI=1S/C11H16N4O3/c1-7-2-8(3-7)13-11(18)14-9-4-12-15(5-9)6-10(16)17/h4-5,7-8H,2-3,6H2,1H3,(H,16,17)(H2,13,14,18). The largest absolute Gasteiger partial charge is 0.480 e. The van der Waals surface area contributed by atoms with E-state index in [1.165, 1.54) is 17.1 Å². The minimum atomic E-state index is -0.974. The van der Waals surface area contributed by atoms with Crippen LogP contribution in [-0.4, -0.2) is 32.9 Å². The van der Waals surface area contributed by atoms with Gasteiger partial charge in [0.15, 0.2) is 0 Å². The Bertz CT molecular complexity index is 451. The van der Waals surface area contributed by atoms with Crippen molar-refractivity contribution < 1.29 is 14.7 Å². The van der Waals surface area contributed by atoms with Gasteiger partial charge in [-0.3, -0.25) is 9.48 Å². The van der Waals surface area contributed by atoms with Gasteiger partial charge in [-0.1, -0.05) is 6.92 Å². The maximum Gasteiger partial charge on any atom is 0.325 e. The van der Waals surface area contributed by atoms with Crippen molar-refractivity contribution in [2.45, 2.75) is 32.4 Å². The van der Waals surface area contributed by atoms with Gasteiger partial charge >= 0.3 is 12.0 Å². The Hall–Kier alpha value is -2.05. The molecule has 0 radical (unpaired) electrons. The van der Waals surface area contributed by atoms with E-state index in [2.05, 4.69) is 22.7 Å². The molecule has 0 spiro atoms. The smallest absolute Gasteiger partial charge is 0.325 e. The van der Waals surface area contributed by atoms with Crippen molar-refractivity contribution in [2.75, 3.05) is 5.32 Å². The Morgan fingerprint density at radius 1 is 1.56 bits per heavy atom. The lowest BCUT2D eigenvalue weighted by Gasteiger charge is -2.33. The molecule has 1 aliphatic carbocycles. The quantitative estimate of drug-likeness (QED) is 0.741. The highest BCUT2D eigenvalue weighted by molar-refractivity contribution is 5.89. The first kappa shape index (κ1) is 12.4. The molecular weight excluding hydrogens is 236 g/mol. The van der Waals surface area contributed by atoms with Gasteiger partial charge in [0.1, 0.15) is 6.54 Å². The molecule has 7 nitrogen and oxygen atoms in total. The van der Waals surface area contributed by atoms with Crippen LogP contribution in [0.2, 0.25) is 0 Å². The Kier molecular flexibility index (Phi) is 3.50. The van der Waals surface area contributed by atoms with Gasteiger partial charge in [-0.05, 0) is 18.8 Å². The number of carboxylic acids is 1. The molecule has 0 saturated heterocycles. The van der Waals surface area contributed by atoms with Gasteiger partial charge in [-0.25, -0.2) is 4.79 Å². The summed E-state index contributed by atoms with van der Waals surface area (Å²) in [6.45, 7) is 1.93. The fourth-order valence-corrected chi connectivity index (χ4v) is 2.03. The van der Waals surface area contributed by atoms with Crippen molar-refractivity contribution in [1.82, 2.24) is 15.1 Å². The highest BCUT2D eigenvalue weighted by Crippen LogP contribution is 2.26. The van der Waals surface area contributed by atoms with E-state index in [4.69, 9.17) is 5.11 Å². The van der Waals surface area contributed by atoms with Crippen molar-refractivity contribution in [2.24, 2.45) is 5.92 Å². The Labute approximate surface area is 104 Å². The number of carboxylic acid groups (broad SMARTS) is 1. The summed E-state index contributed by atoms with van der Waals surface area (Å²) in [5, 5.41) is 17.9. The van der Waals surface area contributed by atoms with Crippen molar-refractivity contribution in [3.8, 4) is 0 Å².